The van der Waals surface area contributed by atoms with Gasteiger partial charge < -0.3 is 24.4 Å². The quantitative estimate of drug-likeness (QED) is 0.355. The maximum Gasteiger partial charge on any atom is 0.295 e. The minimum absolute atomic E-state index is 0.0261. The number of ketones is 1. The largest absolute Gasteiger partial charge is 0.872 e. The molecule has 0 saturated carbocycles. The van der Waals surface area contributed by atoms with Crippen molar-refractivity contribution in [1.82, 2.24) is 4.90 Å². The highest BCUT2D eigenvalue weighted by Gasteiger charge is 2.44. The second kappa shape index (κ2) is 10.8. The van der Waals surface area contributed by atoms with Crippen LogP contribution in [0, 0.1) is 0 Å². The van der Waals surface area contributed by atoms with E-state index >= 15 is 0 Å². The SMILES string of the molecule is CCc1ccc(C2/C(=C(/[O-])c3ccc(OC)cc3)C(=O)C(=O)N2CCC[NH+]2CCOCC2)cc1. The highest BCUT2D eigenvalue weighted by Crippen LogP contribution is 2.39. The van der Waals surface area contributed by atoms with Gasteiger partial charge in [0, 0.05) is 18.5 Å². The Morgan fingerprint density at radius 2 is 1.76 bits per heavy atom. The number of Topliss-reactive ketones (excluding diaryl/α,β-unsaturated/α-hetero) is 1. The molecule has 0 spiro atoms. The number of ether oxygens (including phenoxy) is 2. The number of benzene rings is 2. The van der Waals surface area contributed by atoms with E-state index in [0.717, 1.165) is 56.8 Å². The van der Waals surface area contributed by atoms with E-state index in [0.29, 0.717) is 17.9 Å². The average molecular weight is 465 g/mol. The Morgan fingerprint density at radius 1 is 1.09 bits per heavy atom. The monoisotopic (exact) mass is 464 g/mol. The molecule has 1 unspecified atom stereocenters. The van der Waals surface area contributed by atoms with Crippen LogP contribution in [0.5, 0.6) is 5.75 Å². The van der Waals surface area contributed by atoms with E-state index in [1.54, 1.807) is 36.3 Å². The van der Waals surface area contributed by atoms with Crippen molar-refractivity contribution in [3.63, 3.8) is 0 Å². The van der Waals surface area contributed by atoms with E-state index < -0.39 is 23.5 Å². The molecule has 0 radical (unpaired) electrons. The zero-order valence-electron chi connectivity index (χ0n) is 19.8. The molecule has 2 aromatic carbocycles. The third-order valence-electron chi connectivity index (χ3n) is 6.71. The summed E-state index contributed by atoms with van der Waals surface area (Å²) in [5, 5.41) is 13.5. The molecule has 0 aromatic heterocycles. The Morgan fingerprint density at radius 3 is 2.38 bits per heavy atom. The Kier molecular flexibility index (Phi) is 7.65. The summed E-state index contributed by atoms with van der Waals surface area (Å²) in [6.07, 6.45) is 1.64. The number of nitrogens with one attached hydrogen (secondary N) is 1. The van der Waals surface area contributed by atoms with Crippen LogP contribution in [-0.4, -0.2) is 63.1 Å². The molecule has 34 heavy (non-hydrogen) atoms. The van der Waals surface area contributed by atoms with Crippen molar-refractivity contribution in [2.45, 2.75) is 25.8 Å². The molecular weight excluding hydrogens is 432 g/mol. The average Bonchev–Trinajstić information content (AvgIpc) is 3.14. The van der Waals surface area contributed by atoms with Crippen molar-refractivity contribution < 1.29 is 29.1 Å². The maximum absolute atomic E-state index is 13.5. The van der Waals surface area contributed by atoms with Crippen LogP contribution in [-0.2, 0) is 20.7 Å². The Balaban J connectivity index is 1.66. The number of hydrogen-bond donors (Lipinski definition) is 1. The number of aryl methyl sites for hydroxylation is 1. The summed E-state index contributed by atoms with van der Waals surface area (Å²) in [5.41, 5.74) is 2.33. The molecule has 2 saturated heterocycles. The molecule has 0 aliphatic carbocycles. The molecule has 2 aromatic rings. The number of methoxy groups -OCH3 is 1. The van der Waals surface area contributed by atoms with Gasteiger partial charge in [-0.3, -0.25) is 9.59 Å². The number of quaternary nitrogens is 1. The van der Waals surface area contributed by atoms with Crippen LogP contribution in [0.3, 0.4) is 0 Å². The fourth-order valence-electron chi connectivity index (χ4n) is 4.69. The normalized spacial score (nSPS) is 20.6. The first-order valence-electron chi connectivity index (χ1n) is 11.9. The van der Waals surface area contributed by atoms with Gasteiger partial charge in [-0.1, -0.05) is 49.1 Å². The molecule has 1 amide bonds. The Labute approximate surface area is 200 Å². The lowest BCUT2D eigenvalue weighted by Crippen LogP contribution is -3.14. The van der Waals surface area contributed by atoms with Crippen molar-refractivity contribution in [1.29, 1.82) is 0 Å². The molecule has 2 heterocycles. The molecule has 0 bridgehead atoms. The minimum atomic E-state index is -0.705. The van der Waals surface area contributed by atoms with Gasteiger partial charge in [0.2, 0.25) is 5.78 Å². The lowest BCUT2D eigenvalue weighted by molar-refractivity contribution is -0.908. The third kappa shape index (κ3) is 5.00. The van der Waals surface area contributed by atoms with E-state index in [4.69, 9.17) is 9.47 Å². The number of morpholine rings is 1. The standard InChI is InChI=1S/C27H32N2O5/c1-3-19-5-7-20(8-6-19)24-23(25(30)21-9-11-22(33-2)12-10-21)26(31)27(32)29(24)14-4-13-28-15-17-34-18-16-28/h5-12,24,30H,3-4,13-18H2,1-2H3/b25-23-. The van der Waals surface area contributed by atoms with E-state index in [-0.39, 0.29) is 5.57 Å². The molecule has 1 atom stereocenters. The molecule has 7 heteroatoms. The summed E-state index contributed by atoms with van der Waals surface area (Å²) in [6.45, 7) is 6.78. The molecule has 4 rings (SSSR count). The van der Waals surface area contributed by atoms with Crippen molar-refractivity contribution in [3.8, 4) is 5.75 Å². The first-order chi connectivity index (χ1) is 16.5. The van der Waals surface area contributed by atoms with Gasteiger partial charge in [0.05, 0.1) is 32.9 Å². The second-order valence-electron chi connectivity index (χ2n) is 8.76. The van der Waals surface area contributed by atoms with E-state index in [1.807, 2.05) is 24.3 Å². The third-order valence-corrected chi connectivity index (χ3v) is 6.71. The number of carbonyl (C=O) groups is 2. The van der Waals surface area contributed by atoms with Crippen molar-refractivity contribution in [2.24, 2.45) is 0 Å². The number of carbonyl (C=O) groups excluding carboxylic acids is 2. The Bertz CT molecular complexity index is 1040. The zero-order valence-corrected chi connectivity index (χ0v) is 19.8. The predicted octanol–water partition coefficient (Wildman–Crippen LogP) is 0.787. The first-order valence-corrected chi connectivity index (χ1v) is 11.9. The van der Waals surface area contributed by atoms with Gasteiger partial charge in [-0.2, -0.15) is 0 Å². The van der Waals surface area contributed by atoms with Crippen molar-refractivity contribution >= 4 is 17.4 Å². The summed E-state index contributed by atoms with van der Waals surface area (Å²) >= 11 is 0. The minimum Gasteiger partial charge on any atom is -0.872 e. The van der Waals surface area contributed by atoms with Gasteiger partial charge in [0.25, 0.3) is 5.91 Å². The fraction of sp³-hybridized carbons (Fsp3) is 0.407. The number of rotatable bonds is 8. The van der Waals surface area contributed by atoms with Gasteiger partial charge >= 0.3 is 0 Å². The smallest absolute Gasteiger partial charge is 0.295 e. The summed E-state index contributed by atoms with van der Waals surface area (Å²) in [4.78, 5) is 29.2. The number of likely N-dealkylation sites (tertiary alicyclic amines) is 1. The highest BCUT2D eigenvalue weighted by molar-refractivity contribution is 6.46. The number of hydrogen-bond acceptors (Lipinski definition) is 5. The van der Waals surface area contributed by atoms with Gasteiger partial charge in [-0.15, -0.1) is 0 Å². The number of nitrogens with zero attached hydrogens (tertiary/aromatic N) is 1. The van der Waals surface area contributed by atoms with E-state index in [1.165, 1.54) is 4.90 Å². The first kappa shape index (κ1) is 24.0. The van der Waals surface area contributed by atoms with Crippen molar-refractivity contribution in [2.75, 3.05) is 46.5 Å². The molecule has 1 N–H and O–H groups in total. The van der Waals surface area contributed by atoms with Crippen LogP contribution >= 0.6 is 0 Å². The second-order valence-corrected chi connectivity index (χ2v) is 8.76. The van der Waals surface area contributed by atoms with Crippen molar-refractivity contribution in [3.05, 3.63) is 70.8 Å². The molecular formula is C27H32N2O5. The summed E-state index contributed by atoms with van der Waals surface area (Å²) in [6, 6.07) is 13.8. The summed E-state index contributed by atoms with van der Waals surface area (Å²) in [7, 11) is 1.55. The summed E-state index contributed by atoms with van der Waals surface area (Å²) in [5.74, 6) is -1.09. The molecule has 180 valence electrons. The number of amides is 1. The zero-order chi connectivity index (χ0) is 24.1. The van der Waals surface area contributed by atoms with Gasteiger partial charge in [0.1, 0.15) is 18.8 Å². The fourth-order valence-corrected chi connectivity index (χ4v) is 4.69. The predicted molar refractivity (Wildman–Crippen MR) is 126 cm³/mol. The molecule has 2 aliphatic rings. The van der Waals surface area contributed by atoms with Gasteiger partial charge in [0.15, 0.2) is 0 Å². The van der Waals surface area contributed by atoms with Crippen LogP contribution in [0.25, 0.3) is 5.76 Å². The molecule has 7 nitrogen and oxygen atoms in total. The summed E-state index contributed by atoms with van der Waals surface area (Å²) < 4.78 is 10.6. The lowest BCUT2D eigenvalue weighted by atomic mass is 9.94. The Hall–Kier alpha value is -3.16. The van der Waals surface area contributed by atoms with Crippen LogP contribution in [0.2, 0.25) is 0 Å². The van der Waals surface area contributed by atoms with Crippen LogP contribution in [0.15, 0.2) is 54.1 Å². The van der Waals surface area contributed by atoms with Gasteiger partial charge in [-0.25, -0.2) is 0 Å². The highest BCUT2D eigenvalue weighted by atomic mass is 16.5. The van der Waals surface area contributed by atoms with Crippen LogP contribution < -0.4 is 14.7 Å². The van der Waals surface area contributed by atoms with Crippen LogP contribution in [0.4, 0.5) is 0 Å². The maximum atomic E-state index is 13.5. The van der Waals surface area contributed by atoms with E-state index in [9.17, 15) is 14.7 Å². The van der Waals surface area contributed by atoms with E-state index in [2.05, 4.69) is 6.92 Å². The molecule has 2 fully saturated rings. The molecule has 2 aliphatic heterocycles. The van der Waals surface area contributed by atoms with Crippen LogP contribution in [0.1, 0.15) is 36.1 Å². The lowest BCUT2D eigenvalue weighted by Gasteiger charge is -2.29. The topological polar surface area (TPSA) is 83.3 Å². The van der Waals surface area contributed by atoms with Gasteiger partial charge in [-0.05, 0) is 35.2 Å².